The van der Waals surface area contributed by atoms with Gasteiger partial charge in [-0.3, -0.25) is 4.68 Å². The van der Waals surface area contributed by atoms with Crippen LogP contribution in [-0.2, 0) is 24.8 Å². The lowest BCUT2D eigenvalue weighted by Crippen LogP contribution is -2.11. The number of nitrogens with zero attached hydrogens (tertiary/aromatic N) is 7. The fourth-order valence-corrected chi connectivity index (χ4v) is 6.13. The van der Waals surface area contributed by atoms with Gasteiger partial charge in [-0.05, 0) is 37.0 Å². The lowest BCUT2D eigenvalue weighted by atomic mass is 9.96. The van der Waals surface area contributed by atoms with E-state index in [1.807, 2.05) is 31.0 Å². The highest BCUT2D eigenvalue weighted by molar-refractivity contribution is 5.91. The molecule has 2 unspecified atom stereocenters. The number of aromatic nitrogens is 7. The summed E-state index contributed by atoms with van der Waals surface area (Å²) in [4.78, 5) is 17.6. The predicted octanol–water partition coefficient (Wildman–Crippen LogP) is 5.21. The van der Waals surface area contributed by atoms with Crippen molar-refractivity contribution in [3.05, 3.63) is 77.4 Å². The topological polar surface area (TPSA) is 92.7 Å². The molecule has 2 aliphatic rings. The van der Waals surface area contributed by atoms with Gasteiger partial charge < -0.3 is 9.30 Å². The molecule has 39 heavy (non-hydrogen) atoms. The van der Waals surface area contributed by atoms with Crippen molar-refractivity contribution in [3.8, 4) is 5.69 Å². The summed E-state index contributed by atoms with van der Waals surface area (Å²) in [7, 11) is 1.87. The molecule has 1 aromatic carbocycles. The van der Waals surface area contributed by atoms with E-state index in [1.165, 1.54) is 49.9 Å². The van der Waals surface area contributed by atoms with Crippen LogP contribution >= 0.6 is 0 Å². The summed E-state index contributed by atoms with van der Waals surface area (Å²) in [6.07, 6.45) is 17.6. The molecule has 204 valence electrons. The van der Waals surface area contributed by atoms with E-state index in [0.717, 1.165) is 42.4 Å². The first kappa shape index (κ1) is 25.5. The number of rotatable bonds is 9. The molecule has 9 nitrogen and oxygen atoms in total. The van der Waals surface area contributed by atoms with Crippen molar-refractivity contribution in [2.75, 3.05) is 6.61 Å². The highest BCUT2D eigenvalue weighted by Crippen LogP contribution is 2.55. The Bertz CT molecular complexity index is 1430. The second-order valence-corrected chi connectivity index (χ2v) is 11.0. The van der Waals surface area contributed by atoms with Crippen molar-refractivity contribution < 1.29 is 9.53 Å². The van der Waals surface area contributed by atoms with Gasteiger partial charge in [0.25, 0.3) is 0 Å². The standard InChI is InChI=1S/C30H37N7O2/c1-3-39-30(38)26-18-32-37(29(26)25-17-24(25)27-20-35(2)34-33-27)23-12-8-11-22(15-23)19-36-14-13-31-28(36)16-21-9-6-4-5-7-10-21/h8,11-15,18,20-21,24-25H,3-7,9-10,16-17,19H2,1-2H3. The predicted molar refractivity (Wildman–Crippen MR) is 147 cm³/mol. The van der Waals surface area contributed by atoms with Crippen LogP contribution in [0.15, 0.2) is 49.1 Å². The second kappa shape index (κ2) is 11.2. The third-order valence-electron chi connectivity index (χ3n) is 8.20. The zero-order chi connectivity index (χ0) is 26.8. The van der Waals surface area contributed by atoms with E-state index < -0.39 is 0 Å². The SMILES string of the molecule is CCOC(=O)c1cnn(-c2cccc(Cn3ccnc3CC3CCCCCC3)c2)c1C1CC1c1cn(C)nn1. The first-order valence-corrected chi connectivity index (χ1v) is 14.3. The zero-order valence-corrected chi connectivity index (χ0v) is 22.9. The second-order valence-electron chi connectivity index (χ2n) is 11.0. The fraction of sp³-hybridized carbons (Fsp3) is 0.500. The van der Waals surface area contributed by atoms with E-state index in [0.29, 0.717) is 12.2 Å². The molecule has 3 heterocycles. The van der Waals surface area contributed by atoms with Crippen LogP contribution in [0.3, 0.4) is 0 Å². The van der Waals surface area contributed by atoms with E-state index >= 15 is 0 Å². The molecular formula is C30H37N7O2. The number of ether oxygens (including phenoxy) is 1. The Morgan fingerprint density at radius 1 is 1.13 bits per heavy atom. The van der Waals surface area contributed by atoms with Gasteiger partial charge in [0, 0.05) is 50.4 Å². The van der Waals surface area contributed by atoms with Crippen LogP contribution in [0.1, 0.15) is 96.8 Å². The van der Waals surface area contributed by atoms with Gasteiger partial charge >= 0.3 is 5.97 Å². The molecule has 9 heteroatoms. The normalized spacial score (nSPS) is 19.6. The molecule has 2 fully saturated rings. The molecule has 0 N–H and O–H groups in total. The Hall–Kier alpha value is -3.75. The molecule has 0 spiro atoms. The number of carbonyl (C=O) groups is 1. The van der Waals surface area contributed by atoms with Crippen LogP contribution in [0, 0.1) is 5.92 Å². The molecular weight excluding hydrogens is 490 g/mol. The highest BCUT2D eigenvalue weighted by Gasteiger charge is 2.46. The molecule has 0 aliphatic heterocycles. The molecule has 6 rings (SSSR count). The van der Waals surface area contributed by atoms with Crippen LogP contribution < -0.4 is 0 Å². The van der Waals surface area contributed by atoms with E-state index in [-0.39, 0.29) is 17.8 Å². The number of imidazole rings is 1. The van der Waals surface area contributed by atoms with Crippen LogP contribution in [0.5, 0.6) is 0 Å². The summed E-state index contributed by atoms with van der Waals surface area (Å²) in [5, 5.41) is 13.1. The average molecular weight is 528 g/mol. The summed E-state index contributed by atoms with van der Waals surface area (Å²) in [6, 6.07) is 8.43. The van der Waals surface area contributed by atoms with Gasteiger partial charge in [-0.2, -0.15) is 5.10 Å². The molecule has 2 atom stereocenters. The Kier molecular flexibility index (Phi) is 7.30. The minimum atomic E-state index is -0.332. The van der Waals surface area contributed by atoms with Gasteiger partial charge in [-0.25, -0.2) is 14.5 Å². The number of hydrogen-bond donors (Lipinski definition) is 0. The van der Waals surface area contributed by atoms with Crippen molar-refractivity contribution in [2.45, 2.75) is 76.7 Å². The number of benzene rings is 1. The highest BCUT2D eigenvalue weighted by atomic mass is 16.5. The maximum atomic E-state index is 12.9. The van der Waals surface area contributed by atoms with Gasteiger partial charge in [-0.1, -0.05) is 55.9 Å². The minimum Gasteiger partial charge on any atom is -0.462 e. The lowest BCUT2D eigenvalue weighted by molar-refractivity contribution is 0.0525. The first-order chi connectivity index (χ1) is 19.1. The van der Waals surface area contributed by atoms with Crippen molar-refractivity contribution >= 4 is 5.97 Å². The summed E-state index contributed by atoms with van der Waals surface area (Å²) in [5.41, 5.74) is 4.47. The molecule has 3 aromatic heterocycles. The number of carbonyl (C=O) groups excluding carboxylic acids is 1. The molecule has 0 radical (unpaired) electrons. The first-order valence-electron chi connectivity index (χ1n) is 14.3. The molecule has 2 saturated carbocycles. The van der Waals surface area contributed by atoms with E-state index in [2.05, 4.69) is 50.4 Å². The van der Waals surface area contributed by atoms with Gasteiger partial charge in [0.05, 0.1) is 29.9 Å². The molecule has 2 aliphatic carbocycles. The molecule has 0 bridgehead atoms. The number of esters is 1. The summed E-state index contributed by atoms with van der Waals surface area (Å²) < 4.78 is 11.3. The smallest absolute Gasteiger partial charge is 0.341 e. The van der Waals surface area contributed by atoms with Crippen molar-refractivity contribution in [2.24, 2.45) is 13.0 Å². The Labute approximate surface area is 229 Å². The average Bonchev–Trinajstić information content (AvgIpc) is 3.22. The van der Waals surface area contributed by atoms with Crippen LogP contribution in [-0.4, -0.2) is 46.9 Å². The maximum absolute atomic E-state index is 12.9. The summed E-state index contributed by atoms with van der Waals surface area (Å²) >= 11 is 0. The van der Waals surface area contributed by atoms with Crippen molar-refractivity contribution in [3.63, 3.8) is 0 Å². The summed E-state index contributed by atoms with van der Waals surface area (Å²) in [5.74, 6) is 1.91. The maximum Gasteiger partial charge on any atom is 0.341 e. The third-order valence-corrected chi connectivity index (χ3v) is 8.20. The Morgan fingerprint density at radius 2 is 1.97 bits per heavy atom. The van der Waals surface area contributed by atoms with E-state index in [1.54, 1.807) is 10.9 Å². The van der Waals surface area contributed by atoms with Crippen molar-refractivity contribution in [1.82, 2.24) is 34.3 Å². The van der Waals surface area contributed by atoms with Gasteiger partial charge in [0.2, 0.25) is 0 Å². The molecule has 0 amide bonds. The van der Waals surface area contributed by atoms with Crippen LogP contribution in [0.25, 0.3) is 5.69 Å². The minimum absolute atomic E-state index is 0.132. The number of aryl methyl sites for hydroxylation is 1. The number of hydrogen-bond acceptors (Lipinski definition) is 6. The van der Waals surface area contributed by atoms with E-state index in [4.69, 9.17) is 9.72 Å². The zero-order valence-electron chi connectivity index (χ0n) is 22.9. The van der Waals surface area contributed by atoms with Gasteiger partial charge in [0.1, 0.15) is 11.4 Å². The van der Waals surface area contributed by atoms with Crippen molar-refractivity contribution in [1.29, 1.82) is 0 Å². The Morgan fingerprint density at radius 3 is 2.74 bits per heavy atom. The quantitative estimate of drug-likeness (QED) is 0.219. The van der Waals surface area contributed by atoms with Crippen LogP contribution in [0.2, 0.25) is 0 Å². The largest absolute Gasteiger partial charge is 0.462 e. The molecule has 4 aromatic rings. The Balaban J connectivity index is 1.26. The monoisotopic (exact) mass is 527 g/mol. The lowest BCUT2D eigenvalue weighted by Gasteiger charge is -2.16. The fourth-order valence-electron chi connectivity index (χ4n) is 6.13. The van der Waals surface area contributed by atoms with Gasteiger partial charge in [0.15, 0.2) is 0 Å². The van der Waals surface area contributed by atoms with Crippen LogP contribution in [0.4, 0.5) is 0 Å². The third kappa shape index (κ3) is 5.53. The van der Waals surface area contributed by atoms with Gasteiger partial charge in [-0.15, -0.1) is 5.10 Å². The summed E-state index contributed by atoms with van der Waals surface area (Å²) in [6.45, 7) is 2.90. The van der Waals surface area contributed by atoms with E-state index in [9.17, 15) is 4.79 Å². The molecule has 0 saturated heterocycles.